The Balaban J connectivity index is 1.62. The Kier molecular flexibility index (Phi) is 3.36. The van der Waals surface area contributed by atoms with Gasteiger partial charge in [0.2, 0.25) is 5.91 Å². The van der Waals surface area contributed by atoms with Gasteiger partial charge in [-0.1, -0.05) is 0 Å². The molecule has 1 unspecified atom stereocenters. The molecule has 3 heterocycles. The molecule has 0 saturated carbocycles. The second-order valence-electron chi connectivity index (χ2n) is 5.41. The van der Waals surface area contributed by atoms with Crippen molar-refractivity contribution in [1.82, 2.24) is 20.0 Å². The molecule has 112 valence electrons. The van der Waals surface area contributed by atoms with Gasteiger partial charge in [-0.3, -0.25) is 10.1 Å². The maximum atomic E-state index is 13.0. The zero-order valence-electron chi connectivity index (χ0n) is 11.6. The predicted molar refractivity (Wildman–Crippen MR) is 73.1 cm³/mol. The zero-order valence-corrected chi connectivity index (χ0v) is 11.6. The molecule has 3 rings (SSSR count). The number of imidazole rings is 1. The molecular formula is C14H16F2N4O. The lowest BCUT2D eigenvalue weighted by molar-refractivity contribution is -0.123. The van der Waals surface area contributed by atoms with Crippen molar-refractivity contribution in [2.24, 2.45) is 0 Å². The second-order valence-corrected chi connectivity index (χ2v) is 5.41. The standard InChI is InChI=1S/C14H16F2N4O/c1-9-2-3-20-7-10(19-12(20)4-9)6-17-13(21)11-5-14(15,16)8-18-11/h2-4,7,11,18H,5-6,8H2,1H3,(H,17,21). The molecule has 1 aliphatic rings. The highest BCUT2D eigenvalue weighted by atomic mass is 19.3. The minimum atomic E-state index is -2.80. The topological polar surface area (TPSA) is 58.4 Å². The number of amides is 1. The molecule has 2 aromatic rings. The number of aryl methyl sites for hydroxylation is 1. The quantitative estimate of drug-likeness (QED) is 0.896. The van der Waals surface area contributed by atoms with Crippen LogP contribution in [0, 0.1) is 6.92 Å². The summed E-state index contributed by atoms with van der Waals surface area (Å²) in [6.45, 7) is 1.75. The van der Waals surface area contributed by atoms with Crippen molar-refractivity contribution in [3.8, 4) is 0 Å². The van der Waals surface area contributed by atoms with Gasteiger partial charge in [-0.2, -0.15) is 0 Å². The van der Waals surface area contributed by atoms with E-state index >= 15 is 0 Å². The van der Waals surface area contributed by atoms with Crippen LogP contribution in [0.5, 0.6) is 0 Å². The Labute approximate surface area is 120 Å². The average molecular weight is 294 g/mol. The number of alkyl halides is 2. The number of fused-ring (bicyclic) bond motifs is 1. The number of aromatic nitrogens is 2. The minimum Gasteiger partial charge on any atom is -0.349 e. The van der Waals surface area contributed by atoms with Gasteiger partial charge in [0.05, 0.1) is 24.8 Å². The molecule has 0 aliphatic carbocycles. The molecule has 2 aromatic heterocycles. The van der Waals surface area contributed by atoms with Crippen LogP contribution in [0.3, 0.4) is 0 Å². The first-order valence-electron chi connectivity index (χ1n) is 6.76. The first kappa shape index (κ1) is 13.9. The summed E-state index contributed by atoms with van der Waals surface area (Å²) in [7, 11) is 0. The van der Waals surface area contributed by atoms with Crippen LogP contribution in [0.1, 0.15) is 17.7 Å². The molecule has 1 aliphatic heterocycles. The summed E-state index contributed by atoms with van der Waals surface area (Å²) in [6.07, 6.45) is 3.25. The van der Waals surface area contributed by atoms with Crippen LogP contribution in [0.25, 0.3) is 5.65 Å². The number of carbonyl (C=O) groups excluding carboxylic acids is 1. The Hall–Kier alpha value is -2.02. The average Bonchev–Trinajstić information content (AvgIpc) is 2.98. The Morgan fingerprint density at radius 2 is 2.43 bits per heavy atom. The van der Waals surface area contributed by atoms with E-state index in [1.54, 1.807) is 0 Å². The van der Waals surface area contributed by atoms with Crippen LogP contribution in [0.2, 0.25) is 0 Å². The van der Waals surface area contributed by atoms with E-state index in [1.807, 2.05) is 35.9 Å². The third-order valence-corrected chi connectivity index (χ3v) is 3.54. The number of pyridine rings is 1. The summed E-state index contributed by atoms with van der Waals surface area (Å²) in [6, 6.07) is 3.06. The van der Waals surface area contributed by atoms with Crippen LogP contribution < -0.4 is 10.6 Å². The van der Waals surface area contributed by atoms with E-state index < -0.39 is 30.8 Å². The van der Waals surface area contributed by atoms with Crippen molar-refractivity contribution in [2.75, 3.05) is 6.54 Å². The maximum Gasteiger partial charge on any atom is 0.262 e. The van der Waals surface area contributed by atoms with Gasteiger partial charge in [-0.15, -0.1) is 0 Å². The van der Waals surface area contributed by atoms with Crippen molar-refractivity contribution in [3.63, 3.8) is 0 Å². The molecule has 0 spiro atoms. The van der Waals surface area contributed by atoms with E-state index in [2.05, 4.69) is 15.6 Å². The Morgan fingerprint density at radius 1 is 1.62 bits per heavy atom. The van der Waals surface area contributed by atoms with Crippen molar-refractivity contribution >= 4 is 11.6 Å². The van der Waals surface area contributed by atoms with Gasteiger partial charge in [0.15, 0.2) is 0 Å². The lowest BCUT2D eigenvalue weighted by Gasteiger charge is -2.10. The van der Waals surface area contributed by atoms with Gasteiger partial charge in [-0.25, -0.2) is 13.8 Å². The first-order valence-corrected chi connectivity index (χ1v) is 6.76. The van der Waals surface area contributed by atoms with Crippen molar-refractivity contribution < 1.29 is 13.6 Å². The molecule has 0 bridgehead atoms. The predicted octanol–water partition coefficient (Wildman–Crippen LogP) is 1.26. The molecule has 0 radical (unpaired) electrons. The normalized spacial score (nSPS) is 20.8. The van der Waals surface area contributed by atoms with Crippen molar-refractivity contribution in [2.45, 2.75) is 31.9 Å². The maximum absolute atomic E-state index is 13.0. The fourth-order valence-electron chi connectivity index (χ4n) is 2.42. The van der Waals surface area contributed by atoms with E-state index in [4.69, 9.17) is 0 Å². The molecule has 0 aromatic carbocycles. The summed E-state index contributed by atoms with van der Waals surface area (Å²) in [5.41, 5.74) is 2.59. The van der Waals surface area contributed by atoms with Gasteiger partial charge in [-0.05, 0) is 24.6 Å². The Morgan fingerprint density at radius 3 is 3.14 bits per heavy atom. The van der Waals surface area contributed by atoms with E-state index in [9.17, 15) is 13.6 Å². The number of halogens is 2. The summed E-state index contributed by atoms with van der Waals surface area (Å²) >= 11 is 0. The summed E-state index contributed by atoms with van der Waals surface area (Å²) in [4.78, 5) is 16.2. The third-order valence-electron chi connectivity index (χ3n) is 3.54. The molecule has 5 nitrogen and oxygen atoms in total. The molecular weight excluding hydrogens is 278 g/mol. The van der Waals surface area contributed by atoms with Crippen LogP contribution in [-0.2, 0) is 11.3 Å². The molecule has 2 N–H and O–H groups in total. The van der Waals surface area contributed by atoms with Crippen molar-refractivity contribution in [3.05, 3.63) is 35.8 Å². The minimum absolute atomic E-state index is 0.226. The van der Waals surface area contributed by atoms with Gasteiger partial charge < -0.3 is 9.72 Å². The van der Waals surface area contributed by atoms with Crippen LogP contribution in [0.4, 0.5) is 8.78 Å². The van der Waals surface area contributed by atoms with Crippen LogP contribution in [-0.4, -0.2) is 33.8 Å². The van der Waals surface area contributed by atoms with Gasteiger partial charge >= 0.3 is 0 Å². The van der Waals surface area contributed by atoms with Crippen molar-refractivity contribution in [1.29, 1.82) is 0 Å². The third kappa shape index (κ3) is 3.02. The molecule has 1 atom stereocenters. The number of hydrogen-bond acceptors (Lipinski definition) is 3. The molecule has 1 fully saturated rings. The molecule has 1 saturated heterocycles. The number of carbonyl (C=O) groups is 1. The fourth-order valence-corrected chi connectivity index (χ4v) is 2.42. The number of hydrogen-bond donors (Lipinski definition) is 2. The van der Waals surface area contributed by atoms with Gasteiger partial charge in [0.1, 0.15) is 5.65 Å². The zero-order chi connectivity index (χ0) is 15.0. The molecule has 7 heteroatoms. The number of rotatable bonds is 3. The van der Waals surface area contributed by atoms with Gasteiger partial charge in [0.25, 0.3) is 5.92 Å². The van der Waals surface area contributed by atoms with E-state index in [0.29, 0.717) is 5.69 Å². The highest BCUT2D eigenvalue weighted by Crippen LogP contribution is 2.25. The highest BCUT2D eigenvalue weighted by Gasteiger charge is 2.42. The van der Waals surface area contributed by atoms with E-state index in [-0.39, 0.29) is 6.54 Å². The SMILES string of the molecule is Cc1ccn2cc(CNC(=O)C3CC(F)(F)CN3)nc2c1. The molecule has 1 amide bonds. The second kappa shape index (κ2) is 5.07. The monoisotopic (exact) mass is 294 g/mol. The van der Waals surface area contributed by atoms with Crippen LogP contribution >= 0.6 is 0 Å². The lowest BCUT2D eigenvalue weighted by atomic mass is 10.2. The van der Waals surface area contributed by atoms with E-state index in [1.165, 1.54) is 0 Å². The first-order chi connectivity index (χ1) is 9.93. The summed E-state index contributed by atoms with van der Waals surface area (Å²) in [5.74, 6) is -3.22. The van der Waals surface area contributed by atoms with Gasteiger partial charge in [0, 0.05) is 18.8 Å². The smallest absolute Gasteiger partial charge is 0.262 e. The Bertz CT molecular complexity index is 683. The number of nitrogens with one attached hydrogen (secondary N) is 2. The van der Waals surface area contributed by atoms with Crippen LogP contribution in [0.15, 0.2) is 24.5 Å². The fraction of sp³-hybridized carbons (Fsp3) is 0.429. The lowest BCUT2D eigenvalue weighted by Crippen LogP contribution is -2.40. The largest absolute Gasteiger partial charge is 0.349 e. The summed E-state index contributed by atoms with van der Waals surface area (Å²) < 4.78 is 27.9. The molecule has 21 heavy (non-hydrogen) atoms. The summed E-state index contributed by atoms with van der Waals surface area (Å²) in [5, 5.41) is 5.17. The number of nitrogens with zero attached hydrogens (tertiary/aromatic N) is 2. The highest BCUT2D eigenvalue weighted by molar-refractivity contribution is 5.82. The van der Waals surface area contributed by atoms with E-state index in [0.717, 1.165) is 11.2 Å².